The molecular formula is C13H12N2O3S. The van der Waals surface area contributed by atoms with E-state index in [9.17, 15) is 9.59 Å². The number of hydrogen-bond donors (Lipinski definition) is 2. The number of carboxylic acids is 1. The Bertz CT molecular complexity index is 578. The summed E-state index contributed by atoms with van der Waals surface area (Å²) in [5.41, 5.74) is 0.260. The van der Waals surface area contributed by atoms with Gasteiger partial charge < -0.3 is 10.4 Å². The van der Waals surface area contributed by atoms with E-state index in [1.807, 2.05) is 24.4 Å². The molecule has 1 atom stereocenters. The van der Waals surface area contributed by atoms with Crippen molar-refractivity contribution in [2.75, 3.05) is 0 Å². The predicted molar refractivity (Wildman–Crippen MR) is 71.4 cm³/mol. The molecule has 2 heterocycles. The zero-order chi connectivity index (χ0) is 13.8. The van der Waals surface area contributed by atoms with E-state index in [1.165, 1.54) is 18.3 Å². The minimum atomic E-state index is -1.06. The van der Waals surface area contributed by atoms with E-state index in [0.29, 0.717) is 0 Å². The first-order chi connectivity index (χ1) is 9.08. The Morgan fingerprint density at radius 2 is 2.16 bits per heavy atom. The molecule has 0 spiro atoms. The second-order valence-corrected chi connectivity index (χ2v) is 4.93. The third-order valence-electron chi connectivity index (χ3n) is 2.56. The van der Waals surface area contributed by atoms with Crippen LogP contribution in [0.2, 0.25) is 0 Å². The maximum Gasteiger partial charge on any atom is 0.337 e. The van der Waals surface area contributed by atoms with Crippen molar-refractivity contribution in [2.45, 2.75) is 13.0 Å². The van der Waals surface area contributed by atoms with Crippen LogP contribution in [0.5, 0.6) is 0 Å². The summed E-state index contributed by atoms with van der Waals surface area (Å²) in [6.45, 7) is 1.88. The van der Waals surface area contributed by atoms with Gasteiger partial charge in [-0.15, -0.1) is 11.3 Å². The molecule has 0 aliphatic heterocycles. The maximum absolute atomic E-state index is 11.9. The summed E-state index contributed by atoms with van der Waals surface area (Å²) < 4.78 is 0. The van der Waals surface area contributed by atoms with Gasteiger partial charge in [-0.2, -0.15) is 0 Å². The minimum absolute atomic E-state index is 0.0582. The number of rotatable bonds is 4. The van der Waals surface area contributed by atoms with Crippen LogP contribution in [0.25, 0.3) is 0 Å². The molecule has 0 saturated heterocycles. The highest BCUT2D eigenvalue weighted by Crippen LogP contribution is 2.18. The number of hydrogen-bond acceptors (Lipinski definition) is 4. The number of thiophene rings is 1. The molecule has 5 nitrogen and oxygen atoms in total. The SMILES string of the molecule is CC(NC(=O)c1ccc(C(=O)O)cn1)c1cccs1. The molecule has 1 unspecified atom stereocenters. The summed E-state index contributed by atoms with van der Waals surface area (Å²) in [5.74, 6) is -1.38. The van der Waals surface area contributed by atoms with Crippen molar-refractivity contribution in [3.8, 4) is 0 Å². The van der Waals surface area contributed by atoms with Crippen molar-refractivity contribution < 1.29 is 14.7 Å². The van der Waals surface area contributed by atoms with Crippen LogP contribution >= 0.6 is 11.3 Å². The minimum Gasteiger partial charge on any atom is -0.478 e. The number of nitrogens with zero attached hydrogens (tertiary/aromatic N) is 1. The number of pyridine rings is 1. The molecule has 98 valence electrons. The monoisotopic (exact) mass is 276 g/mol. The highest BCUT2D eigenvalue weighted by molar-refractivity contribution is 7.10. The fourth-order valence-corrected chi connectivity index (χ4v) is 2.27. The van der Waals surface area contributed by atoms with Crippen LogP contribution in [0.1, 0.15) is 38.7 Å². The van der Waals surface area contributed by atoms with Gasteiger partial charge in [0.15, 0.2) is 0 Å². The summed E-state index contributed by atoms with van der Waals surface area (Å²) in [7, 11) is 0. The molecule has 6 heteroatoms. The smallest absolute Gasteiger partial charge is 0.337 e. The van der Waals surface area contributed by atoms with Crippen LogP contribution in [0.4, 0.5) is 0 Å². The summed E-state index contributed by atoms with van der Waals surface area (Å²) in [4.78, 5) is 27.5. The molecule has 0 saturated carbocycles. The van der Waals surface area contributed by atoms with Crippen LogP contribution < -0.4 is 5.32 Å². The summed E-state index contributed by atoms with van der Waals surface area (Å²) in [6.07, 6.45) is 1.17. The number of aromatic nitrogens is 1. The van der Waals surface area contributed by atoms with Crippen molar-refractivity contribution >= 4 is 23.2 Å². The Morgan fingerprint density at radius 1 is 1.37 bits per heavy atom. The Kier molecular flexibility index (Phi) is 3.91. The normalized spacial score (nSPS) is 11.8. The third-order valence-corrected chi connectivity index (χ3v) is 3.62. The van der Waals surface area contributed by atoms with Gasteiger partial charge in [-0.1, -0.05) is 6.07 Å². The number of nitrogens with one attached hydrogen (secondary N) is 1. The number of aromatic carboxylic acids is 1. The first-order valence-electron chi connectivity index (χ1n) is 5.61. The van der Waals surface area contributed by atoms with Crippen molar-refractivity contribution in [3.05, 3.63) is 52.0 Å². The van der Waals surface area contributed by atoms with Crippen molar-refractivity contribution in [3.63, 3.8) is 0 Å². The highest BCUT2D eigenvalue weighted by Gasteiger charge is 2.13. The van der Waals surface area contributed by atoms with Gasteiger partial charge in [0.1, 0.15) is 5.69 Å². The Hall–Kier alpha value is -2.21. The molecule has 0 aliphatic rings. The molecule has 0 radical (unpaired) electrons. The molecule has 2 aromatic heterocycles. The van der Waals surface area contributed by atoms with Crippen LogP contribution in [0.3, 0.4) is 0 Å². The van der Waals surface area contributed by atoms with Crippen LogP contribution in [0, 0.1) is 0 Å². The maximum atomic E-state index is 11.9. The predicted octanol–water partition coefficient (Wildman–Crippen LogP) is 2.33. The van der Waals surface area contributed by atoms with Gasteiger partial charge in [-0.05, 0) is 30.5 Å². The van der Waals surface area contributed by atoms with Crippen molar-refractivity contribution in [2.24, 2.45) is 0 Å². The van der Waals surface area contributed by atoms with Gasteiger partial charge in [0.25, 0.3) is 5.91 Å². The number of carboxylic acid groups (broad SMARTS) is 1. The fraction of sp³-hybridized carbons (Fsp3) is 0.154. The zero-order valence-corrected chi connectivity index (χ0v) is 11.0. The number of carbonyl (C=O) groups is 2. The first-order valence-corrected chi connectivity index (χ1v) is 6.49. The van der Waals surface area contributed by atoms with E-state index in [-0.39, 0.29) is 23.2 Å². The highest BCUT2D eigenvalue weighted by atomic mass is 32.1. The molecule has 1 amide bonds. The van der Waals surface area contributed by atoms with Crippen LogP contribution in [-0.4, -0.2) is 22.0 Å². The average Bonchev–Trinajstić information content (AvgIpc) is 2.92. The first kappa shape index (κ1) is 13.2. The molecule has 0 fully saturated rings. The lowest BCUT2D eigenvalue weighted by Crippen LogP contribution is -2.27. The van der Waals surface area contributed by atoms with E-state index >= 15 is 0 Å². The molecule has 2 rings (SSSR count). The lowest BCUT2D eigenvalue weighted by atomic mass is 10.2. The molecule has 2 N–H and O–H groups in total. The van der Waals surface area contributed by atoms with E-state index < -0.39 is 5.97 Å². The van der Waals surface area contributed by atoms with E-state index in [4.69, 9.17) is 5.11 Å². The van der Waals surface area contributed by atoms with Gasteiger partial charge in [0.2, 0.25) is 0 Å². The molecule has 2 aromatic rings. The fourth-order valence-electron chi connectivity index (χ4n) is 1.53. The van der Waals surface area contributed by atoms with Gasteiger partial charge in [0.05, 0.1) is 11.6 Å². The Labute approximate surface area is 113 Å². The largest absolute Gasteiger partial charge is 0.478 e. The standard InChI is InChI=1S/C13H12N2O3S/c1-8(11-3-2-6-19-11)15-12(16)10-5-4-9(7-14-10)13(17)18/h2-8H,1H3,(H,15,16)(H,17,18). The van der Waals surface area contributed by atoms with Gasteiger partial charge in [-0.25, -0.2) is 4.79 Å². The lowest BCUT2D eigenvalue weighted by Gasteiger charge is -2.11. The third kappa shape index (κ3) is 3.17. The van der Waals surface area contributed by atoms with Crippen molar-refractivity contribution in [1.82, 2.24) is 10.3 Å². The summed E-state index contributed by atoms with van der Waals surface area (Å²) in [5, 5.41) is 13.5. The van der Waals surface area contributed by atoms with E-state index in [0.717, 1.165) is 4.88 Å². The molecule has 0 aliphatic carbocycles. The molecule has 0 aromatic carbocycles. The van der Waals surface area contributed by atoms with Crippen LogP contribution in [0.15, 0.2) is 35.8 Å². The van der Waals surface area contributed by atoms with Gasteiger partial charge in [-0.3, -0.25) is 9.78 Å². The quantitative estimate of drug-likeness (QED) is 0.898. The van der Waals surface area contributed by atoms with Crippen molar-refractivity contribution in [1.29, 1.82) is 0 Å². The zero-order valence-electron chi connectivity index (χ0n) is 10.2. The second kappa shape index (κ2) is 5.62. The van der Waals surface area contributed by atoms with E-state index in [1.54, 1.807) is 11.3 Å². The summed E-state index contributed by atoms with van der Waals surface area (Å²) in [6, 6.07) is 6.52. The van der Waals surface area contributed by atoms with E-state index in [2.05, 4.69) is 10.3 Å². The Balaban J connectivity index is 2.05. The summed E-state index contributed by atoms with van der Waals surface area (Å²) >= 11 is 1.56. The topological polar surface area (TPSA) is 79.3 Å². The van der Waals surface area contributed by atoms with Crippen LogP contribution in [-0.2, 0) is 0 Å². The number of amides is 1. The molecule has 0 bridgehead atoms. The van der Waals surface area contributed by atoms with Gasteiger partial charge in [0, 0.05) is 11.1 Å². The number of carbonyl (C=O) groups excluding carboxylic acids is 1. The second-order valence-electron chi connectivity index (χ2n) is 3.95. The lowest BCUT2D eigenvalue weighted by molar-refractivity contribution is 0.0695. The van der Waals surface area contributed by atoms with Gasteiger partial charge >= 0.3 is 5.97 Å². The average molecular weight is 276 g/mol. The molecule has 19 heavy (non-hydrogen) atoms. The molecular weight excluding hydrogens is 264 g/mol. The Morgan fingerprint density at radius 3 is 2.68 bits per heavy atom.